The van der Waals surface area contributed by atoms with Gasteiger partial charge in [0.25, 0.3) is 0 Å². The highest BCUT2D eigenvalue weighted by atomic mass is 32.2. The molecule has 0 spiro atoms. The van der Waals surface area contributed by atoms with Crippen molar-refractivity contribution in [2.24, 2.45) is 0 Å². The number of halogens is 2. The number of amides is 1. The third-order valence-corrected chi connectivity index (χ3v) is 3.76. The van der Waals surface area contributed by atoms with Gasteiger partial charge in [-0.25, -0.2) is 13.6 Å². The first-order valence-electron chi connectivity index (χ1n) is 6.24. The maximum absolute atomic E-state index is 13.0. The molecule has 0 unspecified atom stereocenters. The normalized spacial score (nSPS) is 11.0. The van der Waals surface area contributed by atoms with Crippen molar-refractivity contribution in [3.8, 4) is 0 Å². The molecule has 2 aromatic carbocycles. The Labute approximate surface area is 130 Å². The fourth-order valence-electron chi connectivity index (χ4n) is 1.52. The van der Waals surface area contributed by atoms with Crippen molar-refractivity contribution in [2.45, 2.75) is 11.5 Å². The average Bonchev–Trinajstić information content (AvgIpc) is 2.54. The SMILES string of the molecule is O=C(NOS(=O)(=O)c1ccc(F)c(F)c1)OCc1ccccc1. The van der Waals surface area contributed by atoms with Gasteiger partial charge in [0.1, 0.15) is 6.61 Å². The van der Waals surface area contributed by atoms with E-state index in [0.717, 1.165) is 6.07 Å². The maximum atomic E-state index is 13.0. The van der Waals surface area contributed by atoms with Crippen LogP contribution in [0, 0.1) is 11.6 Å². The molecule has 122 valence electrons. The fourth-order valence-corrected chi connectivity index (χ4v) is 2.28. The Bertz CT molecular complexity index is 796. The van der Waals surface area contributed by atoms with E-state index in [1.165, 1.54) is 0 Å². The van der Waals surface area contributed by atoms with Crippen LogP contribution >= 0.6 is 0 Å². The first kappa shape index (κ1) is 16.8. The van der Waals surface area contributed by atoms with E-state index in [9.17, 15) is 22.0 Å². The predicted molar refractivity (Wildman–Crippen MR) is 74.4 cm³/mol. The van der Waals surface area contributed by atoms with E-state index in [-0.39, 0.29) is 6.61 Å². The average molecular weight is 343 g/mol. The molecule has 0 radical (unpaired) electrons. The van der Waals surface area contributed by atoms with Crippen molar-refractivity contribution >= 4 is 16.2 Å². The second kappa shape index (κ2) is 7.16. The first-order chi connectivity index (χ1) is 10.9. The smallest absolute Gasteiger partial charge is 0.432 e. The standard InChI is InChI=1S/C14H11F2NO5S/c15-12-7-6-11(8-13(12)16)23(19,20)22-17-14(18)21-9-10-4-2-1-3-5-10/h1-8H,9H2,(H,17,18). The molecule has 0 fully saturated rings. The Balaban J connectivity index is 1.91. The Morgan fingerprint density at radius 2 is 1.74 bits per heavy atom. The molecule has 0 atom stereocenters. The van der Waals surface area contributed by atoms with Crippen LogP contribution in [0.3, 0.4) is 0 Å². The molecule has 0 aliphatic carbocycles. The number of hydrogen-bond acceptors (Lipinski definition) is 5. The van der Waals surface area contributed by atoms with Gasteiger partial charge in [-0.1, -0.05) is 30.3 Å². The molecule has 0 saturated carbocycles. The van der Waals surface area contributed by atoms with Gasteiger partial charge in [0.2, 0.25) is 0 Å². The lowest BCUT2D eigenvalue weighted by molar-refractivity contribution is 0.0971. The Kier molecular flexibility index (Phi) is 5.24. The van der Waals surface area contributed by atoms with E-state index in [2.05, 4.69) is 4.28 Å². The van der Waals surface area contributed by atoms with Gasteiger partial charge in [-0.15, -0.1) is 4.28 Å². The van der Waals surface area contributed by atoms with Crippen LogP contribution in [0.2, 0.25) is 0 Å². The van der Waals surface area contributed by atoms with Crippen molar-refractivity contribution < 1.29 is 31.0 Å². The number of carbonyl (C=O) groups excluding carboxylic acids is 1. The molecule has 0 heterocycles. The molecular weight excluding hydrogens is 332 g/mol. The fraction of sp³-hybridized carbons (Fsp3) is 0.0714. The summed E-state index contributed by atoms with van der Waals surface area (Å²) in [6, 6.07) is 10.5. The van der Waals surface area contributed by atoms with E-state index in [4.69, 9.17) is 4.74 Å². The van der Waals surface area contributed by atoms with Crippen LogP contribution in [-0.4, -0.2) is 14.5 Å². The van der Waals surface area contributed by atoms with Gasteiger partial charge in [0, 0.05) is 0 Å². The van der Waals surface area contributed by atoms with Gasteiger partial charge in [-0.3, -0.25) is 0 Å². The molecule has 1 amide bonds. The van der Waals surface area contributed by atoms with Crippen LogP contribution in [0.4, 0.5) is 13.6 Å². The number of nitrogens with one attached hydrogen (secondary N) is 1. The van der Waals surface area contributed by atoms with Crippen LogP contribution < -0.4 is 5.48 Å². The molecule has 0 aliphatic heterocycles. The number of carbonyl (C=O) groups is 1. The minimum Gasteiger partial charge on any atom is -0.443 e. The van der Waals surface area contributed by atoms with Gasteiger partial charge < -0.3 is 4.74 Å². The topological polar surface area (TPSA) is 81.7 Å². The lowest BCUT2D eigenvalue weighted by Gasteiger charge is -2.08. The summed E-state index contributed by atoms with van der Waals surface area (Å²) in [5.41, 5.74) is 2.25. The molecule has 0 saturated heterocycles. The number of ether oxygens (including phenoxy) is 1. The zero-order valence-corrected chi connectivity index (χ0v) is 12.3. The molecule has 0 aliphatic rings. The summed E-state index contributed by atoms with van der Waals surface area (Å²) in [6.07, 6.45) is -1.15. The van der Waals surface area contributed by atoms with Gasteiger partial charge in [-0.05, 0) is 23.8 Å². The quantitative estimate of drug-likeness (QED) is 0.844. The Morgan fingerprint density at radius 3 is 2.39 bits per heavy atom. The van der Waals surface area contributed by atoms with Gasteiger partial charge in [0.05, 0.1) is 4.90 Å². The first-order valence-corrected chi connectivity index (χ1v) is 7.64. The molecule has 9 heteroatoms. The summed E-state index contributed by atoms with van der Waals surface area (Å²) in [6.45, 7) is -0.0960. The monoisotopic (exact) mass is 343 g/mol. The van der Waals surface area contributed by atoms with E-state index in [0.29, 0.717) is 17.7 Å². The second-order valence-electron chi connectivity index (χ2n) is 4.28. The maximum Gasteiger partial charge on any atom is 0.432 e. The van der Waals surface area contributed by atoms with Gasteiger partial charge in [-0.2, -0.15) is 13.9 Å². The largest absolute Gasteiger partial charge is 0.443 e. The molecule has 6 nitrogen and oxygen atoms in total. The summed E-state index contributed by atoms with van der Waals surface area (Å²) < 4.78 is 58.1. The lowest BCUT2D eigenvalue weighted by atomic mass is 10.2. The highest BCUT2D eigenvalue weighted by Gasteiger charge is 2.19. The molecule has 1 N–H and O–H groups in total. The van der Waals surface area contributed by atoms with Gasteiger partial charge in [0.15, 0.2) is 11.6 Å². The van der Waals surface area contributed by atoms with E-state index in [1.807, 2.05) is 0 Å². The van der Waals surface area contributed by atoms with Crippen LogP contribution in [0.25, 0.3) is 0 Å². The van der Waals surface area contributed by atoms with Crippen molar-refractivity contribution in [3.05, 3.63) is 65.7 Å². The van der Waals surface area contributed by atoms with E-state index in [1.54, 1.807) is 35.8 Å². The third kappa shape index (κ3) is 4.73. The summed E-state index contributed by atoms with van der Waals surface area (Å²) in [4.78, 5) is 10.7. The van der Waals surface area contributed by atoms with Crippen LogP contribution in [0.5, 0.6) is 0 Å². The minimum absolute atomic E-state index is 0.0960. The van der Waals surface area contributed by atoms with Crippen LogP contribution in [0.15, 0.2) is 53.4 Å². The van der Waals surface area contributed by atoms with E-state index >= 15 is 0 Å². The number of hydroxylamine groups is 1. The van der Waals surface area contributed by atoms with Crippen molar-refractivity contribution in [1.29, 1.82) is 0 Å². The minimum atomic E-state index is -4.50. The molecule has 2 aromatic rings. The summed E-state index contributed by atoms with van der Waals surface area (Å²) in [5.74, 6) is -2.57. The van der Waals surface area contributed by atoms with Crippen molar-refractivity contribution in [3.63, 3.8) is 0 Å². The highest BCUT2D eigenvalue weighted by molar-refractivity contribution is 7.86. The zero-order chi connectivity index (χ0) is 16.9. The number of hydrogen-bond donors (Lipinski definition) is 1. The lowest BCUT2D eigenvalue weighted by Crippen LogP contribution is -2.27. The molecule has 23 heavy (non-hydrogen) atoms. The number of rotatable bonds is 5. The highest BCUT2D eigenvalue weighted by Crippen LogP contribution is 2.15. The molecule has 0 bridgehead atoms. The summed E-state index contributed by atoms with van der Waals surface area (Å²) in [5, 5.41) is 0. The Hall–Kier alpha value is -2.52. The van der Waals surface area contributed by atoms with Crippen molar-refractivity contribution in [2.75, 3.05) is 0 Å². The van der Waals surface area contributed by atoms with Gasteiger partial charge >= 0.3 is 16.2 Å². The van der Waals surface area contributed by atoms with Crippen molar-refractivity contribution in [1.82, 2.24) is 5.48 Å². The Morgan fingerprint density at radius 1 is 1.04 bits per heavy atom. The molecule has 0 aromatic heterocycles. The zero-order valence-electron chi connectivity index (χ0n) is 11.5. The summed E-state index contributed by atoms with van der Waals surface area (Å²) >= 11 is 0. The second-order valence-corrected chi connectivity index (χ2v) is 5.82. The summed E-state index contributed by atoms with van der Waals surface area (Å²) in [7, 11) is -4.50. The van der Waals surface area contributed by atoms with Crippen LogP contribution in [-0.2, 0) is 25.7 Å². The number of benzene rings is 2. The van der Waals surface area contributed by atoms with E-state index < -0.39 is 32.7 Å². The predicted octanol–water partition coefficient (Wildman–Crippen LogP) is 2.51. The molecular formula is C14H11F2NO5S. The third-order valence-electron chi connectivity index (χ3n) is 2.63. The van der Waals surface area contributed by atoms with Crippen LogP contribution in [0.1, 0.15) is 5.56 Å². The molecule has 2 rings (SSSR count).